The Kier molecular flexibility index (Phi) is 6.72. The van der Waals surface area contributed by atoms with Crippen LogP contribution in [0.25, 0.3) is 0 Å². The summed E-state index contributed by atoms with van der Waals surface area (Å²) in [5.41, 5.74) is 4.06. The van der Waals surface area contributed by atoms with Crippen LogP contribution in [-0.2, 0) is 17.7 Å². The fourth-order valence-electron chi connectivity index (χ4n) is 2.88. The van der Waals surface area contributed by atoms with Gasteiger partial charge < -0.3 is 9.47 Å². The van der Waals surface area contributed by atoms with Crippen LogP contribution < -0.4 is 4.74 Å². The van der Waals surface area contributed by atoms with Crippen LogP contribution in [0.4, 0.5) is 0 Å². The fraction of sp³-hybridized carbons (Fsp3) is 0.611. The number of thiazole rings is 1. The Labute approximate surface area is 153 Å². The van der Waals surface area contributed by atoms with Crippen LogP contribution in [0, 0.1) is 6.92 Å². The molecule has 0 spiro atoms. The predicted octanol–water partition coefficient (Wildman–Crippen LogP) is 2.86. The molecule has 0 radical (unpaired) electrons. The summed E-state index contributed by atoms with van der Waals surface area (Å²) in [5, 5.41) is 0. The smallest absolute Gasteiger partial charge is 0.232 e. The third-order valence-corrected chi connectivity index (χ3v) is 5.36. The third-order valence-electron chi connectivity index (χ3n) is 4.44. The minimum absolute atomic E-state index is 0.363. The van der Waals surface area contributed by atoms with Crippen molar-refractivity contribution in [3.8, 4) is 5.88 Å². The normalized spacial score (nSPS) is 20.6. The van der Waals surface area contributed by atoms with Gasteiger partial charge in [-0.25, -0.2) is 9.97 Å². The summed E-state index contributed by atoms with van der Waals surface area (Å²) in [6.45, 7) is 8.06. The number of fused-ring (bicyclic) bond motifs is 2. The van der Waals surface area contributed by atoms with Gasteiger partial charge in [-0.2, -0.15) is 0 Å². The minimum Gasteiger partial charge on any atom is -0.474 e. The zero-order chi connectivity index (χ0) is 17.5. The van der Waals surface area contributed by atoms with Crippen molar-refractivity contribution >= 4 is 11.3 Å². The zero-order valence-corrected chi connectivity index (χ0v) is 15.8. The molecule has 1 aliphatic rings. The summed E-state index contributed by atoms with van der Waals surface area (Å²) in [6.07, 6.45) is 6.63. The van der Waals surface area contributed by atoms with Crippen molar-refractivity contribution in [1.29, 1.82) is 0 Å². The number of nitrogens with zero attached hydrogens (tertiary/aromatic N) is 4. The maximum absolute atomic E-state index is 5.82. The standard InChI is InChI=1S/C18H26N4O2S/c1-14-12-23-7-8-24-18-10-19-9-16(21-18)5-3-4-6-22(14)11-17-15(2)20-13-25-17/h9-10,13-14H,3-8,11-12H2,1-2H3/t14-/m0/s1. The summed E-state index contributed by atoms with van der Waals surface area (Å²) >= 11 is 1.74. The van der Waals surface area contributed by atoms with Gasteiger partial charge in [-0.3, -0.25) is 9.88 Å². The Bertz CT molecular complexity index is 664. The molecule has 0 aliphatic carbocycles. The molecule has 3 heterocycles. The highest BCUT2D eigenvalue weighted by molar-refractivity contribution is 7.09. The Hall–Kier alpha value is -1.57. The van der Waals surface area contributed by atoms with Crippen LogP contribution >= 0.6 is 11.3 Å². The molecule has 0 saturated carbocycles. The lowest BCUT2D eigenvalue weighted by Gasteiger charge is -2.29. The van der Waals surface area contributed by atoms with Crippen LogP contribution in [0.15, 0.2) is 17.9 Å². The highest BCUT2D eigenvalue weighted by Gasteiger charge is 2.17. The molecule has 7 heteroatoms. The van der Waals surface area contributed by atoms with E-state index in [1.165, 1.54) is 4.88 Å². The third kappa shape index (κ3) is 5.45. The lowest BCUT2D eigenvalue weighted by Crippen LogP contribution is -2.37. The van der Waals surface area contributed by atoms with Gasteiger partial charge in [0.15, 0.2) is 0 Å². The molecular formula is C18H26N4O2S. The lowest BCUT2D eigenvalue weighted by atomic mass is 10.1. The lowest BCUT2D eigenvalue weighted by molar-refractivity contribution is 0.0458. The molecule has 25 heavy (non-hydrogen) atoms. The highest BCUT2D eigenvalue weighted by atomic mass is 32.1. The molecule has 3 rings (SSSR count). The number of rotatable bonds is 2. The minimum atomic E-state index is 0.363. The van der Waals surface area contributed by atoms with Crippen molar-refractivity contribution in [2.24, 2.45) is 0 Å². The first-order valence-electron chi connectivity index (χ1n) is 8.87. The van der Waals surface area contributed by atoms with E-state index < -0.39 is 0 Å². The molecule has 0 aromatic carbocycles. The summed E-state index contributed by atoms with van der Waals surface area (Å²) in [4.78, 5) is 16.9. The predicted molar refractivity (Wildman–Crippen MR) is 98.0 cm³/mol. The van der Waals surface area contributed by atoms with Crippen LogP contribution in [-0.4, -0.2) is 52.3 Å². The molecule has 2 aromatic rings. The molecule has 6 nitrogen and oxygen atoms in total. The zero-order valence-electron chi connectivity index (χ0n) is 15.0. The van der Waals surface area contributed by atoms with Gasteiger partial charge in [0.05, 0.1) is 36.3 Å². The first-order valence-corrected chi connectivity index (χ1v) is 9.75. The van der Waals surface area contributed by atoms with E-state index >= 15 is 0 Å². The van der Waals surface area contributed by atoms with Gasteiger partial charge in [0.2, 0.25) is 5.88 Å². The second-order valence-electron chi connectivity index (χ2n) is 6.41. The summed E-state index contributed by atoms with van der Waals surface area (Å²) in [7, 11) is 0. The second kappa shape index (κ2) is 9.22. The molecular weight excluding hydrogens is 336 g/mol. The van der Waals surface area contributed by atoms with Crippen LogP contribution in [0.2, 0.25) is 0 Å². The molecule has 0 unspecified atom stereocenters. The first-order chi connectivity index (χ1) is 12.2. The number of ether oxygens (including phenoxy) is 2. The highest BCUT2D eigenvalue weighted by Crippen LogP contribution is 2.18. The average Bonchev–Trinajstić information content (AvgIpc) is 3.01. The monoisotopic (exact) mass is 362 g/mol. The molecule has 1 atom stereocenters. The van der Waals surface area contributed by atoms with Crippen LogP contribution in [0.1, 0.15) is 36.0 Å². The van der Waals surface area contributed by atoms with Crippen molar-refractivity contribution in [1.82, 2.24) is 19.9 Å². The van der Waals surface area contributed by atoms with Crippen molar-refractivity contribution in [3.05, 3.63) is 34.2 Å². The van der Waals surface area contributed by atoms with Crippen molar-refractivity contribution in [2.45, 2.75) is 45.7 Å². The average molecular weight is 362 g/mol. The van der Waals surface area contributed by atoms with Gasteiger partial charge >= 0.3 is 0 Å². The molecule has 0 fully saturated rings. The number of hydrogen-bond donors (Lipinski definition) is 0. The summed E-state index contributed by atoms with van der Waals surface area (Å²) in [6, 6.07) is 0.363. The van der Waals surface area contributed by atoms with Gasteiger partial charge in [0.25, 0.3) is 0 Å². The van der Waals surface area contributed by atoms with E-state index in [9.17, 15) is 0 Å². The molecule has 2 aromatic heterocycles. The van der Waals surface area contributed by atoms with Crippen molar-refractivity contribution in [2.75, 3.05) is 26.4 Å². The van der Waals surface area contributed by atoms with E-state index in [-0.39, 0.29) is 0 Å². The first kappa shape index (κ1) is 18.2. The van der Waals surface area contributed by atoms with Gasteiger partial charge in [-0.05, 0) is 39.7 Å². The van der Waals surface area contributed by atoms with E-state index in [2.05, 4.69) is 33.7 Å². The summed E-state index contributed by atoms with van der Waals surface area (Å²) < 4.78 is 11.5. The topological polar surface area (TPSA) is 60.4 Å². The van der Waals surface area contributed by atoms with E-state index in [0.717, 1.165) is 43.7 Å². The Morgan fingerprint density at radius 1 is 1.28 bits per heavy atom. The van der Waals surface area contributed by atoms with Crippen LogP contribution in [0.5, 0.6) is 5.88 Å². The van der Waals surface area contributed by atoms with Gasteiger partial charge in [0, 0.05) is 23.7 Å². The van der Waals surface area contributed by atoms with E-state index in [0.29, 0.717) is 31.7 Å². The van der Waals surface area contributed by atoms with E-state index in [1.54, 1.807) is 17.5 Å². The van der Waals surface area contributed by atoms with Crippen molar-refractivity contribution in [3.63, 3.8) is 0 Å². The largest absolute Gasteiger partial charge is 0.474 e. The van der Waals surface area contributed by atoms with E-state index in [4.69, 9.17) is 9.47 Å². The Balaban J connectivity index is 1.64. The molecule has 2 bridgehead atoms. The van der Waals surface area contributed by atoms with Crippen molar-refractivity contribution < 1.29 is 9.47 Å². The number of aromatic nitrogens is 3. The molecule has 0 amide bonds. The maximum Gasteiger partial charge on any atom is 0.232 e. The van der Waals surface area contributed by atoms with E-state index in [1.807, 2.05) is 11.7 Å². The van der Waals surface area contributed by atoms with Gasteiger partial charge in [-0.15, -0.1) is 11.3 Å². The summed E-state index contributed by atoms with van der Waals surface area (Å²) in [5.74, 6) is 0.591. The number of hydrogen-bond acceptors (Lipinski definition) is 7. The molecule has 0 N–H and O–H groups in total. The molecule has 0 saturated heterocycles. The molecule has 136 valence electrons. The Morgan fingerprint density at radius 2 is 2.20 bits per heavy atom. The Morgan fingerprint density at radius 3 is 3.04 bits per heavy atom. The van der Waals surface area contributed by atoms with Crippen LogP contribution in [0.3, 0.4) is 0 Å². The van der Waals surface area contributed by atoms with Gasteiger partial charge in [0.1, 0.15) is 6.61 Å². The quantitative estimate of drug-likeness (QED) is 0.819. The fourth-order valence-corrected chi connectivity index (χ4v) is 3.68. The maximum atomic E-state index is 5.82. The van der Waals surface area contributed by atoms with Gasteiger partial charge in [-0.1, -0.05) is 0 Å². The molecule has 1 aliphatic heterocycles. The SMILES string of the molecule is Cc1ncsc1CN1CCCCc2cncc(n2)OCCOC[C@@H]1C. The number of aryl methyl sites for hydroxylation is 2. The second-order valence-corrected chi connectivity index (χ2v) is 7.35.